The Balaban J connectivity index is 1.35. The van der Waals surface area contributed by atoms with Crippen LogP contribution < -0.4 is 16.8 Å². The van der Waals surface area contributed by atoms with Gasteiger partial charge in [0, 0.05) is 29.6 Å². The van der Waals surface area contributed by atoms with Crippen molar-refractivity contribution in [1.29, 1.82) is 0 Å². The van der Waals surface area contributed by atoms with Crippen LogP contribution in [0.15, 0.2) is 63.9 Å². The molecule has 9 heteroatoms. The van der Waals surface area contributed by atoms with E-state index in [0.29, 0.717) is 36.1 Å². The topological polar surface area (TPSA) is 134 Å². The van der Waals surface area contributed by atoms with Crippen LogP contribution in [0.2, 0.25) is 0 Å². The number of aromatic nitrogens is 2. The van der Waals surface area contributed by atoms with Crippen LogP contribution in [0.5, 0.6) is 0 Å². The van der Waals surface area contributed by atoms with E-state index >= 15 is 0 Å². The molecular weight excluding hydrogens is 458 g/mol. The molecule has 2 heterocycles. The summed E-state index contributed by atoms with van der Waals surface area (Å²) in [4.78, 5) is 44.0. The van der Waals surface area contributed by atoms with Gasteiger partial charge >= 0.3 is 5.76 Å². The highest BCUT2D eigenvalue weighted by atomic mass is 16.5. The SMILES string of the molecule is NC[C@H]1CC[C@H](C(=O)N2CCC(c3ccccc3)C2C(=O)Nc2ccc(-c3nc(=O)o[nH]3)cc2)CC1. The lowest BCUT2D eigenvalue weighted by atomic mass is 9.81. The van der Waals surface area contributed by atoms with Crippen LogP contribution >= 0.6 is 0 Å². The number of anilines is 1. The molecule has 2 aromatic carbocycles. The number of rotatable bonds is 6. The van der Waals surface area contributed by atoms with E-state index in [1.54, 1.807) is 29.2 Å². The van der Waals surface area contributed by atoms with Crippen molar-refractivity contribution in [2.45, 2.75) is 44.1 Å². The molecule has 2 aliphatic rings. The van der Waals surface area contributed by atoms with Gasteiger partial charge in [-0.25, -0.2) is 4.79 Å². The summed E-state index contributed by atoms with van der Waals surface area (Å²) in [6, 6.07) is 16.3. The molecule has 36 heavy (non-hydrogen) atoms. The Bertz CT molecular complexity index is 1240. The molecule has 2 amide bonds. The Labute approximate surface area is 209 Å². The van der Waals surface area contributed by atoms with E-state index in [4.69, 9.17) is 5.73 Å². The fourth-order valence-electron chi connectivity index (χ4n) is 5.57. The maximum absolute atomic E-state index is 13.7. The van der Waals surface area contributed by atoms with Gasteiger partial charge < -0.3 is 20.5 Å². The number of benzene rings is 2. The van der Waals surface area contributed by atoms with E-state index in [-0.39, 0.29) is 23.7 Å². The molecule has 4 N–H and O–H groups in total. The van der Waals surface area contributed by atoms with Crippen molar-refractivity contribution in [3.8, 4) is 11.4 Å². The third kappa shape index (κ3) is 4.97. The Morgan fingerprint density at radius 3 is 2.39 bits per heavy atom. The van der Waals surface area contributed by atoms with Gasteiger partial charge in [0.25, 0.3) is 0 Å². The minimum absolute atomic E-state index is 0.0541. The third-order valence-corrected chi connectivity index (χ3v) is 7.57. The number of carbonyl (C=O) groups excluding carboxylic acids is 2. The lowest BCUT2D eigenvalue weighted by Gasteiger charge is -2.33. The zero-order valence-corrected chi connectivity index (χ0v) is 20.1. The van der Waals surface area contributed by atoms with E-state index in [2.05, 4.69) is 20.0 Å². The molecule has 1 saturated carbocycles. The highest BCUT2D eigenvalue weighted by molar-refractivity contribution is 5.98. The first-order valence-corrected chi connectivity index (χ1v) is 12.6. The number of aromatic amines is 1. The van der Waals surface area contributed by atoms with Crippen molar-refractivity contribution in [2.75, 3.05) is 18.4 Å². The molecule has 2 unspecified atom stereocenters. The van der Waals surface area contributed by atoms with Gasteiger partial charge in [0.1, 0.15) is 6.04 Å². The minimum Gasteiger partial charge on any atom is -0.330 e. The molecule has 1 aliphatic carbocycles. The summed E-state index contributed by atoms with van der Waals surface area (Å²) in [6.07, 6.45) is 4.32. The molecular formula is C27H31N5O4. The number of nitrogens with zero attached hydrogens (tertiary/aromatic N) is 2. The van der Waals surface area contributed by atoms with Gasteiger partial charge in [0.05, 0.1) is 0 Å². The lowest BCUT2D eigenvalue weighted by Crippen LogP contribution is -2.48. The first-order chi connectivity index (χ1) is 17.5. The molecule has 0 bridgehead atoms. The average molecular weight is 490 g/mol. The summed E-state index contributed by atoms with van der Waals surface area (Å²) in [6.45, 7) is 1.23. The first kappa shape index (κ1) is 24.0. The maximum atomic E-state index is 13.7. The molecule has 1 saturated heterocycles. The van der Waals surface area contributed by atoms with Gasteiger partial charge in [-0.1, -0.05) is 30.3 Å². The van der Waals surface area contributed by atoms with Gasteiger partial charge in [-0.15, -0.1) is 0 Å². The summed E-state index contributed by atoms with van der Waals surface area (Å²) >= 11 is 0. The molecule has 2 fully saturated rings. The maximum Gasteiger partial charge on any atom is 0.460 e. The van der Waals surface area contributed by atoms with E-state index in [1.165, 1.54) is 0 Å². The largest absolute Gasteiger partial charge is 0.460 e. The fourth-order valence-corrected chi connectivity index (χ4v) is 5.57. The van der Waals surface area contributed by atoms with Crippen molar-refractivity contribution in [3.63, 3.8) is 0 Å². The highest BCUT2D eigenvalue weighted by Gasteiger charge is 2.44. The Hall–Kier alpha value is -3.72. The summed E-state index contributed by atoms with van der Waals surface area (Å²) < 4.78 is 4.63. The molecule has 188 valence electrons. The van der Waals surface area contributed by atoms with Crippen molar-refractivity contribution >= 4 is 17.5 Å². The van der Waals surface area contributed by atoms with Crippen molar-refractivity contribution in [3.05, 3.63) is 70.7 Å². The normalized spacial score (nSPS) is 24.0. The Kier molecular flexibility index (Phi) is 6.99. The lowest BCUT2D eigenvalue weighted by molar-refractivity contribution is -0.141. The predicted octanol–water partition coefficient (Wildman–Crippen LogP) is 3.12. The summed E-state index contributed by atoms with van der Waals surface area (Å²) in [5, 5.41) is 5.48. The van der Waals surface area contributed by atoms with Gasteiger partial charge in [0.15, 0.2) is 5.82 Å². The number of H-pyrrole nitrogens is 1. The molecule has 2 atom stereocenters. The Morgan fingerprint density at radius 2 is 1.75 bits per heavy atom. The average Bonchev–Trinajstić information content (AvgIpc) is 3.56. The van der Waals surface area contributed by atoms with Gasteiger partial charge in [-0.2, -0.15) is 10.1 Å². The molecule has 5 rings (SSSR count). The fraction of sp³-hybridized carbons (Fsp3) is 0.407. The second-order valence-corrected chi connectivity index (χ2v) is 9.73. The van der Waals surface area contributed by atoms with E-state index in [1.807, 2.05) is 30.3 Å². The minimum atomic E-state index is -0.697. The number of hydrogen-bond donors (Lipinski definition) is 3. The second kappa shape index (κ2) is 10.5. The summed E-state index contributed by atoms with van der Waals surface area (Å²) in [5.74, 6) is -0.142. The number of hydrogen-bond acceptors (Lipinski definition) is 6. The van der Waals surface area contributed by atoms with Crippen molar-refractivity contribution in [2.24, 2.45) is 17.6 Å². The van der Waals surface area contributed by atoms with Crippen molar-refractivity contribution < 1.29 is 14.1 Å². The van der Waals surface area contributed by atoms with Crippen molar-refractivity contribution in [1.82, 2.24) is 15.0 Å². The van der Waals surface area contributed by atoms with Crippen LogP contribution in [-0.4, -0.2) is 46.0 Å². The predicted molar refractivity (Wildman–Crippen MR) is 135 cm³/mol. The quantitative estimate of drug-likeness (QED) is 0.487. The monoisotopic (exact) mass is 489 g/mol. The number of likely N-dealkylation sites (tertiary alicyclic amines) is 1. The number of carbonyl (C=O) groups is 2. The van der Waals surface area contributed by atoms with E-state index < -0.39 is 11.8 Å². The van der Waals surface area contributed by atoms with Crippen LogP contribution in [0, 0.1) is 11.8 Å². The standard InChI is InChI=1S/C27H31N5O4/c28-16-17-6-8-20(9-7-17)26(34)32-15-14-22(18-4-2-1-3-5-18)23(32)25(33)29-21-12-10-19(11-13-21)24-30-27(35)36-31-24/h1-5,10-13,17,20,22-23H,6-9,14-16,28H2,(H,29,33)(H,30,31,35)/t17-,20-,22?,23?. The number of nitrogens with two attached hydrogens (primary N) is 1. The molecule has 3 aromatic rings. The molecule has 9 nitrogen and oxygen atoms in total. The molecule has 0 radical (unpaired) electrons. The highest BCUT2D eigenvalue weighted by Crippen LogP contribution is 2.38. The van der Waals surface area contributed by atoms with Crippen LogP contribution in [0.4, 0.5) is 5.69 Å². The van der Waals surface area contributed by atoms with Crippen LogP contribution in [-0.2, 0) is 9.59 Å². The van der Waals surface area contributed by atoms with Crippen LogP contribution in [0.1, 0.15) is 43.6 Å². The van der Waals surface area contributed by atoms with E-state index in [9.17, 15) is 14.4 Å². The summed E-state index contributed by atoms with van der Waals surface area (Å²) in [5.41, 5.74) is 8.16. The van der Waals surface area contributed by atoms with Gasteiger partial charge in [0.2, 0.25) is 11.8 Å². The Morgan fingerprint density at radius 1 is 1.03 bits per heavy atom. The number of amides is 2. The smallest absolute Gasteiger partial charge is 0.330 e. The number of nitrogens with one attached hydrogen (secondary N) is 2. The first-order valence-electron chi connectivity index (χ1n) is 12.6. The van der Waals surface area contributed by atoms with E-state index in [0.717, 1.165) is 37.7 Å². The van der Waals surface area contributed by atoms with Gasteiger partial charge in [-0.3, -0.25) is 9.59 Å². The molecule has 0 spiro atoms. The molecule has 1 aromatic heterocycles. The molecule has 1 aliphatic heterocycles. The zero-order valence-electron chi connectivity index (χ0n) is 20.1. The van der Waals surface area contributed by atoms with Crippen LogP contribution in [0.3, 0.4) is 0 Å². The zero-order chi connectivity index (χ0) is 25.1. The van der Waals surface area contributed by atoms with Gasteiger partial charge in [-0.05, 0) is 74.4 Å². The third-order valence-electron chi connectivity index (χ3n) is 7.57. The summed E-state index contributed by atoms with van der Waals surface area (Å²) in [7, 11) is 0. The van der Waals surface area contributed by atoms with Crippen LogP contribution in [0.25, 0.3) is 11.4 Å². The second-order valence-electron chi connectivity index (χ2n) is 9.73.